The van der Waals surface area contributed by atoms with Gasteiger partial charge in [0.1, 0.15) is 11.6 Å². The lowest BCUT2D eigenvalue weighted by Gasteiger charge is -2.29. The Morgan fingerprint density at radius 1 is 1.13 bits per heavy atom. The molecule has 0 aromatic heterocycles. The molecule has 23 heavy (non-hydrogen) atoms. The third-order valence-corrected chi connectivity index (χ3v) is 3.52. The number of carbonyl (C=O) groups is 1. The molecule has 0 aliphatic carbocycles. The predicted molar refractivity (Wildman–Crippen MR) is 85.5 cm³/mol. The van der Waals surface area contributed by atoms with Crippen LogP contribution in [0.25, 0.3) is 0 Å². The summed E-state index contributed by atoms with van der Waals surface area (Å²) in [5.41, 5.74) is 0.930. The van der Waals surface area contributed by atoms with Gasteiger partial charge in [-0.3, -0.25) is 5.32 Å². The van der Waals surface area contributed by atoms with Crippen molar-refractivity contribution in [1.82, 2.24) is 0 Å². The maximum atomic E-state index is 13.9. The molecule has 0 unspecified atom stereocenters. The van der Waals surface area contributed by atoms with E-state index in [9.17, 15) is 9.18 Å². The Bertz CT molecular complexity index is 673. The Morgan fingerprint density at radius 3 is 2.61 bits per heavy atom. The van der Waals surface area contributed by atoms with E-state index in [1.54, 1.807) is 36.4 Å². The van der Waals surface area contributed by atoms with E-state index in [2.05, 4.69) is 10.2 Å². The van der Waals surface area contributed by atoms with Crippen LogP contribution in [-0.4, -0.2) is 32.4 Å². The number of carbonyl (C=O) groups excluding carboxylic acids is 1. The number of benzene rings is 2. The monoisotopic (exact) mass is 316 g/mol. The quantitative estimate of drug-likeness (QED) is 0.944. The number of amides is 1. The first-order valence-corrected chi connectivity index (χ1v) is 7.38. The van der Waals surface area contributed by atoms with Gasteiger partial charge in [-0.15, -0.1) is 0 Å². The largest absolute Gasteiger partial charge is 0.417 e. The molecule has 0 atom stereocenters. The van der Waals surface area contributed by atoms with Crippen molar-refractivity contribution in [1.29, 1.82) is 0 Å². The highest BCUT2D eigenvalue weighted by atomic mass is 19.1. The molecule has 0 radical (unpaired) electrons. The number of hydrogen-bond donors (Lipinski definition) is 1. The summed E-state index contributed by atoms with van der Waals surface area (Å²) in [5.74, 6) is -0.109. The zero-order chi connectivity index (χ0) is 16.1. The molecule has 6 heteroatoms. The molecule has 1 aliphatic heterocycles. The Balaban J connectivity index is 1.70. The van der Waals surface area contributed by atoms with Crippen LogP contribution in [0.1, 0.15) is 0 Å². The van der Waals surface area contributed by atoms with E-state index in [1.165, 1.54) is 6.07 Å². The van der Waals surface area contributed by atoms with Gasteiger partial charge in [0.05, 0.1) is 18.9 Å². The van der Waals surface area contributed by atoms with Crippen molar-refractivity contribution in [2.75, 3.05) is 36.5 Å². The molecule has 0 bridgehead atoms. The van der Waals surface area contributed by atoms with Gasteiger partial charge in [-0.1, -0.05) is 18.2 Å². The second-order valence-electron chi connectivity index (χ2n) is 5.09. The van der Waals surface area contributed by atoms with Crippen LogP contribution in [0.4, 0.5) is 20.6 Å². The molecule has 0 saturated carbocycles. The van der Waals surface area contributed by atoms with Crippen molar-refractivity contribution in [2.45, 2.75) is 0 Å². The molecular formula is C17H17FN2O3. The molecule has 1 heterocycles. The molecule has 3 rings (SSSR count). The smallest absolute Gasteiger partial charge is 0.410 e. The van der Waals surface area contributed by atoms with Gasteiger partial charge in [-0.2, -0.15) is 0 Å². The number of nitrogens with zero attached hydrogens (tertiary/aromatic N) is 1. The third-order valence-electron chi connectivity index (χ3n) is 3.52. The first kappa shape index (κ1) is 15.3. The summed E-state index contributed by atoms with van der Waals surface area (Å²) in [7, 11) is 0. The Labute approximate surface area is 133 Å². The van der Waals surface area contributed by atoms with Gasteiger partial charge in [0.2, 0.25) is 0 Å². The molecule has 1 fully saturated rings. The standard InChI is InChI=1S/C17H17FN2O3/c18-15-7-6-13(20-8-10-22-11-9-20)12-16(15)19-17(21)23-14-4-2-1-3-5-14/h1-7,12H,8-11H2,(H,19,21). The van der Waals surface area contributed by atoms with Gasteiger partial charge < -0.3 is 14.4 Å². The van der Waals surface area contributed by atoms with Crippen molar-refractivity contribution < 1.29 is 18.7 Å². The normalized spacial score (nSPS) is 14.4. The summed E-state index contributed by atoms with van der Waals surface area (Å²) >= 11 is 0. The summed E-state index contributed by atoms with van der Waals surface area (Å²) in [6.45, 7) is 2.74. The number of hydrogen-bond acceptors (Lipinski definition) is 4. The van der Waals surface area contributed by atoms with Gasteiger partial charge in [0, 0.05) is 18.8 Å². The lowest BCUT2D eigenvalue weighted by molar-refractivity contribution is 0.122. The van der Waals surface area contributed by atoms with E-state index < -0.39 is 11.9 Å². The second kappa shape index (κ2) is 7.11. The Kier molecular flexibility index (Phi) is 4.73. The van der Waals surface area contributed by atoms with Crippen LogP contribution in [0.3, 0.4) is 0 Å². The first-order chi connectivity index (χ1) is 11.2. The minimum Gasteiger partial charge on any atom is -0.410 e. The number of halogens is 1. The van der Waals surface area contributed by atoms with Crippen molar-refractivity contribution in [3.8, 4) is 5.75 Å². The molecule has 5 nitrogen and oxygen atoms in total. The summed E-state index contributed by atoms with van der Waals surface area (Å²) in [6, 6.07) is 13.3. The van der Waals surface area contributed by atoms with Crippen LogP contribution in [0.2, 0.25) is 0 Å². The molecule has 0 spiro atoms. The summed E-state index contributed by atoms with van der Waals surface area (Å²) in [5, 5.41) is 2.44. The van der Waals surface area contributed by atoms with Crippen LogP contribution in [-0.2, 0) is 4.74 Å². The lowest BCUT2D eigenvalue weighted by Crippen LogP contribution is -2.36. The molecule has 1 N–H and O–H groups in total. The van der Waals surface area contributed by atoms with Crippen molar-refractivity contribution in [3.05, 3.63) is 54.3 Å². The fourth-order valence-corrected chi connectivity index (χ4v) is 2.36. The van der Waals surface area contributed by atoms with Gasteiger partial charge in [-0.25, -0.2) is 9.18 Å². The van der Waals surface area contributed by atoms with Crippen LogP contribution >= 0.6 is 0 Å². The fraction of sp³-hybridized carbons (Fsp3) is 0.235. The minimum atomic E-state index is -0.728. The van der Waals surface area contributed by atoms with E-state index in [0.717, 1.165) is 18.8 Å². The predicted octanol–water partition coefficient (Wildman–Crippen LogP) is 3.27. The highest BCUT2D eigenvalue weighted by Crippen LogP contribution is 2.24. The van der Waals surface area contributed by atoms with E-state index in [-0.39, 0.29) is 5.69 Å². The van der Waals surface area contributed by atoms with Crippen molar-refractivity contribution in [3.63, 3.8) is 0 Å². The maximum absolute atomic E-state index is 13.9. The van der Waals surface area contributed by atoms with Gasteiger partial charge in [0.15, 0.2) is 0 Å². The lowest BCUT2D eigenvalue weighted by atomic mass is 10.2. The minimum absolute atomic E-state index is 0.0925. The molecular weight excluding hydrogens is 299 g/mol. The summed E-state index contributed by atoms with van der Waals surface area (Å²) in [6.07, 6.45) is -0.728. The Hall–Kier alpha value is -2.60. The second-order valence-corrected chi connectivity index (χ2v) is 5.09. The van der Waals surface area contributed by atoms with Gasteiger partial charge in [0.25, 0.3) is 0 Å². The summed E-state index contributed by atoms with van der Waals surface area (Å²) in [4.78, 5) is 14.0. The highest BCUT2D eigenvalue weighted by molar-refractivity contribution is 5.87. The van der Waals surface area contributed by atoms with Crippen LogP contribution in [0.15, 0.2) is 48.5 Å². The molecule has 2 aromatic carbocycles. The fourth-order valence-electron chi connectivity index (χ4n) is 2.36. The molecule has 120 valence electrons. The van der Waals surface area contributed by atoms with Crippen LogP contribution in [0, 0.1) is 5.82 Å². The number of rotatable bonds is 3. The molecule has 2 aromatic rings. The van der Waals surface area contributed by atoms with Gasteiger partial charge in [-0.05, 0) is 30.3 Å². The van der Waals surface area contributed by atoms with Crippen LogP contribution < -0.4 is 15.0 Å². The van der Waals surface area contributed by atoms with E-state index in [0.29, 0.717) is 19.0 Å². The van der Waals surface area contributed by atoms with E-state index in [1.807, 2.05) is 6.07 Å². The van der Waals surface area contributed by atoms with E-state index >= 15 is 0 Å². The average Bonchev–Trinajstić information content (AvgIpc) is 2.58. The zero-order valence-electron chi connectivity index (χ0n) is 12.5. The molecule has 1 saturated heterocycles. The highest BCUT2D eigenvalue weighted by Gasteiger charge is 2.15. The van der Waals surface area contributed by atoms with Gasteiger partial charge >= 0.3 is 6.09 Å². The number of ether oxygens (including phenoxy) is 2. The van der Waals surface area contributed by atoms with E-state index in [4.69, 9.17) is 9.47 Å². The van der Waals surface area contributed by atoms with Crippen molar-refractivity contribution in [2.24, 2.45) is 0 Å². The number of anilines is 2. The first-order valence-electron chi connectivity index (χ1n) is 7.38. The average molecular weight is 316 g/mol. The molecule has 1 aliphatic rings. The topological polar surface area (TPSA) is 50.8 Å². The molecule has 1 amide bonds. The third kappa shape index (κ3) is 3.98. The number of morpholine rings is 1. The number of para-hydroxylation sites is 1. The summed E-state index contributed by atoms with van der Waals surface area (Å²) < 4.78 is 24.3. The SMILES string of the molecule is O=C(Nc1cc(N2CCOCC2)ccc1F)Oc1ccccc1. The maximum Gasteiger partial charge on any atom is 0.417 e. The zero-order valence-corrected chi connectivity index (χ0v) is 12.5. The van der Waals surface area contributed by atoms with Crippen molar-refractivity contribution >= 4 is 17.5 Å². The number of nitrogens with one attached hydrogen (secondary N) is 1. The van der Waals surface area contributed by atoms with Crippen LogP contribution in [0.5, 0.6) is 5.75 Å². The Morgan fingerprint density at radius 2 is 1.87 bits per heavy atom.